The van der Waals surface area contributed by atoms with Gasteiger partial charge in [-0.25, -0.2) is 4.72 Å². The molecule has 0 aromatic carbocycles. The highest BCUT2D eigenvalue weighted by atomic mass is 32.2. The summed E-state index contributed by atoms with van der Waals surface area (Å²) in [6, 6.07) is 1.19. The van der Waals surface area contributed by atoms with Crippen LogP contribution in [0.4, 0.5) is 0 Å². The average molecular weight is 261 g/mol. The molecule has 2 fully saturated rings. The third-order valence-electron chi connectivity index (χ3n) is 3.88. The Balaban J connectivity index is 1.97. The van der Waals surface area contributed by atoms with Gasteiger partial charge in [-0.15, -0.1) is 0 Å². The van der Waals surface area contributed by atoms with E-state index in [1.165, 1.54) is 17.1 Å². The molecule has 0 aromatic heterocycles. The van der Waals surface area contributed by atoms with Crippen LogP contribution in [0, 0.1) is 0 Å². The highest BCUT2D eigenvalue weighted by Crippen LogP contribution is 2.29. The Kier molecular flexibility index (Phi) is 4.07. The fraction of sp³-hybridized carbons (Fsp3) is 1.00. The predicted octanol–water partition coefficient (Wildman–Crippen LogP) is 0.446. The summed E-state index contributed by atoms with van der Waals surface area (Å²) in [4.78, 5) is 0. The Bertz CT molecular complexity index is 346. The Morgan fingerprint density at radius 3 is 2.41 bits per heavy atom. The summed E-state index contributed by atoms with van der Waals surface area (Å²) in [5, 5.41) is 3.53. The molecule has 0 aromatic rings. The topological polar surface area (TPSA) is 61.4 Å². The Hall–Kier alpha value is -0.170. The van der Waals surface area contributed by atoms with Crippen LogP contribution in [0.3, 0.4) is 0 Å². The first-order valence-electron chi connectivity index (χ1n) is 6.51. The molecular formula is C11H23N3O2S. The first-order valence-corrected chi connectivity index (χ1v) is 7.95. The van der Waals surface area contributed by atoms with Crippen molar-refractivity contribution in [1.29, 1.82) is 0 Å². The Labute approximate surface area is 104 Å². The second-order valence-corrected chi connectivity index (χ2v) is 6.99. The summed E-state index contributed by atoms with van der Waals surface area (Å²) in [5.74, 6) is 0. The van der Waals surface area contributed by atoms with E-state index in [1.54, 1.807) is 7.05 Å². The summed E-state index contributed by atoms with van der Waals surface area (Å²) >= 11 is 0. The molecule has 2 N–H and O–H groups in total. The number of rotatable bonds is 5. The van der Waals surface area contributed by atoms with Crippen LogP contribution in [-0.2, 0) is 10.2 Å². The zero-order chi connectivity index (χ0) is 12.5. The third kappa shape index (κ3) is 2.99. The second-order valence-electron chi connectivity index (χ2n) is 5.18. The lowest BCUT2D eigenvalue weighted by atomic mass is 10.0. The van der Waals surface area contributed by atoms with Crippen molar-refractivity contribution >= 4 is 10.2 Å². The molecule has 5 nitrogen and oxygen atoms in total. The normalized spacial score (nSPS) is 33.2. The molecule has 2 aliphatic heterocycles. The fourth-order valence-electron chi connectivity index (χ4n) is 2.85. The van der Waals surface area contributed by atoms with Crippen molar-refractivity contribution in [2.24, 2.45) is 0 Å². The van der Waals surface area contributed by atoms with E-state index < -0.39 is 10.2 Å². The summed E-state index contributed by atoms with van der Waals surface area (Å²) < 4.78 is 28.2. The van der Waals surface area contributed by atoms with Crippen molar-refractivity contribution in [2.75, 3.05) is 13.6 Å². The zero-order valence-corrected chi connectivity index (χ0v) is 11.5. The van der Waals surface area contributed by atoms with Crippen molar-refractivity contribution in [2.45, 2.75) is 57.2 Å². The maximum absolute atomic E-state index is 12.0. The number of hydrogen-bond acceptors (Lipinski definition) is 3. The zero-order valence-electron chi connectivity index (χ0n) is 10.6. The molecular weight excluding hydrogens is 238 g/mol. The van der Waals surface area contributed by atoms with Crippen LogP contribution >= 0.6 is 0 Å². The number of piperidine rings is 1. The summed E-state index contributed by atoms with van der Waals surface area (Å²) in [6.45, 7) is 2.48. The minimum atomic E-state index is -3.29. The van der Waals surface area contributed by atoms with Crippen molar-refractivity contribution in [3.05, 3.63) is 0 Å². The minimum Gasteiger partial charge on any atom is -0.311 e. The number of hydrogen-bond donors (Lipinski definition) is 2. The van der Waals surface area contributed by atoms with E-state index in [2.05, 4.69) is 10.0 Å². The predicted molar refractivity (Wildman–Crippen MR) is 67.9 cm³/mol. The lowest BCUT2D eigenvalue weighted by Crippen LogP contribution is -2.51. The third-order valence-corrected chi connectivity index (χ3v) is 5.50. The van der Waals surface area contributed by atoms with Gasteiger partial charge in [0, 0.05) is 31.7 Å². The van der Waals surface area contributed by atoms with Crippen molar-refractivity contribution in [3.8, 4) is 0 Å². The average Bonchev–Trinajstić information content (AvgIpc) is 2.64. The SMILES string of the molecule is CCCNS(=O)(=O)N(C)C1CC2CCC(C1)N2. The van der Waals surface area contributed by atoms with Crippen LogP contribution < -0.4 is 10.0 Å². The van der Waals surface area contributed by atoms with Crippen molar-refractivity contribution in [1.82, 2.24) is 14.3 Å². The van der Waals surface area contributed by atoms with Gasteiger partial charge in [-0.05, 0) is 32.1 Å². The van der Waals surface area contributed by atoms with Crippen LogP contribution in [0.5, 0.6) is 0 Å². The first kappa shape index (κ1) is 13.3. The monoisotopic (exact) mass is 261 g/mol. The number of fused-ring (bicyclic) bond motifs is 2. The van der Waals surface area contributed by atoms with E-state index in [-0.39, 0.29) is 6.04 Å². The van der Waals surface area contributed by atoms with Crippen LogP contribution in [-0.4, -0.2) is 44.4 Å². The lowest BCUT2D eigenvalue weighted by Gasteiger charge is -2.34. The van der Waals surface area contributed by atoms with Gasteiger partial charge in [0.1, 0.15) is 0 Å². The van der Waals surface area contributed by atoms with Gasteiger partial charge in [0.25, 0.3) is 10.2 Å². The molecule has 0 radical (unpaired) electrons. The van der Waals surface area contributed by atoms with Crippen molar-refractivity contribution < 1.29 is 8.42 Å². The van der Waals surface area contributed by atoms with Gasteiger partial charge in [0.05, 0.1) is 0 Å². The lowest BCUT2D eigenvalue weighted by molar-refractivity contribution is 0.249. The van der Waals surface area contributed by atoms with Gasteiger partial charge in [-0.2, -0.15) is 12.7 Å². The molecule has 100 valence electrons. The largest absolute Gasteiger partial charge is 0.311 e. The molecule has 0 aliphatic carbocycles. The molecule has 2 aliphatic rings. The van der Waals surface area contributed by atoms with E-state index in [1.807, 2.05) is 6.92 Å². The van der Waals surface area contributed by atoms with Gasteiger partial charge in [0.15, 0.2) is 0 Å². The molecule has 0 saturated carbocycles. The molecule has 2 rings (SSSR count). The standard InChI is InChI=1S/C11H23N3O2S/c1-3-6-12-17(15,16)14(2)11-7-9-4-5-10(8-11)13-9/h9-13H,3-8H2,1-2H3. The quantitative estimate of drug-likeness (QED) is 0.755. The van der Waals surface area contributed by atoms with E-state index in [0.717, 1.165) is 19.3 Å². The molecule has 2 unspecified atom stereocenters. The molecule has 2 bridgehead atoms. The summed E-state index contributed by atoms with van der Waals surface area (Å²) in [5.41, 5.74) is 0. The highest BCUT2D eigenvalue weighted by Gasteiger charge is 2.38. The number of nitrogens with zero attached hydrogens (tertiary/aromatic N) is 1. The molecule has 0 amide bonds. The Morgan fingerprint density at radius 1 is 1.29 bits per heavy atom. The maximum Gasteiger partial charge on any atom is 0.279 e. The smallest absolute Gasteiger partial charge is 0.279 e. The van der Waals surface area contributed by atoms with Gasteiger partial charge < -0.3 is 5.32 Å². The van der Waals surface area contributed by atoms with Gasteiger partial charge >= 0.3 is 0 Å². The molecule has 2 saturated heterocycles. The first-order chi connectivity index (χ1) is 8.03. The fourth-order valence-corrected chi connectivity index (χ4v) is 4.08. The van der Waals surface area contributed by atoms with Crippen LogP contribution in [0.2, 0.25) is 0 Å². The minimum absolute atomic E-state index is 0.156. The van der Waals surface area contributed by atoms with Crippen LogP contribution in [0.15, 0.2) is 0 Å². The van der Waals surface area contributed by atoms with E-state index in [0.29, 0.717) is 18.6 Å². The van der Waals surface area contributed by atoms with Gasteiger partial charge in [0.2, 0.25) is 0 Å². The van der Waals surface area contributed by atoms with E-state index >= 15 is 0 Å². The van der Waals surface area contributed by atoms with Gasteiger partial charge in [-0.3, -0.25) is 0 Å². The summed E-state index contributed by atoms with van der Waals surface area (Å²) in [7, 11) is -1.58. The highest BCUT2D eigenvalue weighted by molar-refractivity contribution is 7.87. The second kappa shape index (κ2) is 5.22. The molecule has 2 atom stereocenters. The maximum atomic E-state index is 12.0. The van der Waals surface area contributed by atoms with Crippen LogP contribution in [0.25, 0.3) is 0 Å². The van der Waals surface area contributed by atoms with E-state index in [9.17, 15) is 8.42 Å². The molecule has 0 spiro atoms. The Morgan fingerprint density at radius 2 is 1.88 bits per heavy atom. The molecule has 17 heavy (non-hydrogen) atoms. The number of nitrogens with one attached hydrogen (secondary N) is 2. The van der Waals surface area contributed by atoms with Crippen LogP contribution in [0.1, 0.15) is 39.0 Å². The van der Waals surface area contributed by atoms with Crippen molar-refractivity contribution in [3.63, 3.8) is 0 Å². The van der Waals surface area contributed by atoms with E-state index in [4.69, 9.17) is 0 Å². The molecule has 2 heterocycles. The summed E-state index contributed by atoms with van der Waals surface area (Å²) in [6.07, 6.45) is 5.10. The van der Waals surface area contributed by atoms with Gasteiger partial charge in [-0.1, -0.05) is 6.92 Å². The molecule has 6 heteroatoms.